The summed E-state index contributed by atoms with van der Waals surface area (Å²) in [5.41, 5.74) is -0.535. The maximum atomic E-state index is 12.7. The lowest BCUT2D eigenvalue weighted by atomic mass is 9.88. The molecular formula is C19H31N3O5S. The molecular weight excluding hydrogens is 382 g/mol. The fraction of sp³-hybridized carbons (Fsp3) is 0.684. The van der Waals surface area contributed by atoms with Gasteiger partial charge in [-0.15, -0.1) is 0 Å². The second kappa shape index (κ2) is 8.75. The molecule has 3 N–H and O–H groups in total. The third-order valence-electron chi connectivity index (χ3n) is 5.30. The fourth-order valence-electron chi connectivity index (χ4n) is 3.16. The SMILES string of the molecule is CC1CCC(NS(=O)(=O)c2ccc(NCC(O)C(C)(C)C)c([N+](=O)[O-])c2)CC1. The first-order valence-corrected chi connectivity index (χ1v) is 11.1. The van der Waals surface area contributed by atoms with Crippen LogP contribution in [0, 0.1) is 21.4 Å². The number of hydrogen-bond acceptors (Lipinski definition) is 6. The molecule has 1 atom stereocenters. The molecule has 1 unspecified atom stereocenters. The van der Waals surface area contributed by atoms with Gasteiger partial charge in [0.15, 0.2) is 0 Å². The van der Waals surface area contributed by atoms with Crippen molar-refractivity contribution in [2.75, 3.05) is 11.9 Å². The molecule has 8 nitrogen and oxygen atoms in total. The van der Waals surface area contributed by atoms with Gasteiger partial charge in [0.2, 0.25) is 10.0 Å². The van der Waals surface area contributed by atoms with Crippen LogP contribution in [0.4, 0.5) is 11.4 Å². The molecule has 0 amide bonds. The molecule has 0 heterocycles. The van der Waals surface area contributed by atoms with Gasteiger partial charge in [-0.1, -0.05) is 27.7 Å². The van der Waals surface area contributed by atoms with Crippen molar-refractivity contribution in [3.05, 3.63) is 28.3 Å². The predicted molar refractivity (Wildman–Crippen MR) is 109 cm³/mol. The lowest BCUT2D eigenvalue weighted by Crippen LogP contribution is -2.37. The second-order valence-corrected chi connectivity index (χ2v) is 10.5. The number of aliphatic hydroxyl groups is 1. The Balaban J connectivity index is 2.17. The topological polar surface area (TPSA) is 122 Å². The highest BCUT2D eigenvalue weighted by Crippen LogP contribution is 2.30. The Bertz CT molecular complexity index is 796. The van der Waals surface area contributed by atoms with Crippen LogP contribution in [0.25, 0.3) is 0 Å². The van der Waals surface area contributed by atoms with Gasteiger partial charge in [-0.2, -0.15) is 0 Å². The Kier molecular flexibility index (Phi) is 7.06. The zero-order chi connectivity index (χ0) is 21.1. The molecule has 1 fully saturated rings. The molecule has 1 aliphatic rings. The van der Waals surface area contributed by atoms with Gasteiger partial charge in [0.25, 0.3) is 5.69 Å². The molecule has 0 saturated heterocycles. The van der Waals surface area contributed by atoms with Gasteiger partial charge in [0.1, 0.15) is 5.69 Å². The maximum Gasteiger partial charge on any atom is 0.293 e. The molecule has 9 heteroatoms. The van der Waals surface area contributed by atoms with Crippen LogP contribution in [0.3, 0.4) is 0 Å². The minimum Gasteiger partial charge on any atom is -0.391 e. The molecule has 0 bridgehead atoms. The van der Waals surface area contributed by atoms with Crippen molar-refractivity contribution in [2.45, 2.75) is 70.4 Å². The van der Waals surface area contributed by atoms with Crippen molar-refractivity contribution in [1.82, 2.24) is 4.72 Å². The van der Waals surface area contributed by atoms with Crippen molar-refractivity contribution in [3.8, 4) is 0 Å². The Labute approximate surface area is 166 Å². The van der Waals surface area contributed by atoms with E-state index >= 15 is 0 Å². The van der Waals surface area contributed by atoms with Gasteiger partial charge in [0, 0.05) is 18.7 Å². The summed E-state index contributed by atoms with van der Waals surface area (Å²) >= 11 is 0. The molecule has 1 aromatic rings. The number of benzene rings is 1. The molecule has 158 valence electrons. The van der Waals surface area contributed by atoms with Crippen molar-refractivity contribution in [3.63, 3.8) is 0 Å². The van der Waals surface area contributed by atoms with Crippen LogP contribution in [-0.2, 0) is 10.0 Å². The van der Waals surface area contributed by atoms with E-state index in [2.05, 4.69) is 17.0 Å². The van der Waals surface area contributed by atoms with Crippen LogP contribution in [0.15, 0.2) is 23.1 Å². The normalized spacial score (nSPS) is 21.9. The van der Waals surface area contributed by atoms with E-state index in [9.17, 15) is 23.6 Å². The van der Waals surface area contributed by atoms with E-state index in [0.717, 1.165) is 31.7 Å². The van der Waals surface area contributed by atoms with Crippen LogP contribution >= 0.6 is 0 Å². The van der Waals surface area contributed by atoms with E-state index in [1.807, 2.05) is 20.8 Å². The summed E-state index contributed by atoms with van der Waals surface area (Å²) in [7, 11) is -3.84. The van der Waals surface area contributed by atoms with Crippen molar-refractivity contribution in [2.24, 2.45) is 11.3 Å². The van der Waals surface area contributed by atoms with Crippen molar-refractivity contribution < 1.29 is 18.4 Å². The summed E-state index contributed by atoms with van der Waals surface area (Å²) < 4.78 is 28.0. The summed E-state index contributed by atoms with van der Waals surface area (Å²) in [6.07, 6.45) is 2.75. The minimum absolute atomic E-state index is 0.120. The minimum atomic E-state index is -3.84. The monoisotopic (exact) mass is 413 g/mol. The summed E-state index contributed by atoms with van der Waals surface area (Å²) in [6.45, 7) is 7.86. The van der Waals surface area contributed by atoms with Gasteiger partial charge in [-0.05, 0) is 49.1 Å². The van der Waals surface area contributed by atoms with Crippen LogP contribution in [0.2, 0.25) is 0 Å². The lowest BCUT2D eigenvalue weighted by molar-refractivity contribution is -0.384. The van der Waals surface area contributed by atoms with E-state index in [-0.39, 0.29) is 34.3 Å². The summed E-state index contributed by atoms with van der Waals surface area (Å²) in [4.78, 5) is 10.7. The van der Waals surface area contributed by atoms with Crippen molar-refractivity contribution >= 4 is 21.4 Å². The average molecular weight is 414 g/mol. The quantitative estimate of drug-likeness (QED) is 0.466. The lowest BCUT2D eigenvalue weighted by Gasteiger charge is -2.27. The molecule has 2 rings (SSSR count). The highest BCUT2D eigenvalue weighted by atomic mass is 32.2. The molecule has 0 aromatic heterocycles. The maximum absolute atomic E-state index is 12.7. The second-order valence-electron chi connectivity index (χ2n) is 8.78. The van der Waals surface area contributed by atoms with Crippen LogP contribution in [-0.4, -0.2) is 37.1 Å². The van der Waals surface area contributed by atoms with E-state index < -0.39 is 21.1 Å². The van der Waals surface area contributed by atoms with Crippen molar-refractivity contribution in [1.29, 1.82) is 0 Å². The fourth-order valence-corrected chi connectivity index (χ4v) is 4.48. The van der Waals surface area contributed by atoms with Crippen LogP contribution < -0.4 is 10.0 Å². The number of nitrogens with one attached hydrogen (secondary N) is 2. The Hall–Kier alpha value is -1.71. The highest BCUT2D eigenvalue weighted by molar-refractivity contribution is 7.89. The van der Waals surface area contributed by atoms with E-state index in [0.29, 0.717) is 5.92 Å². The van der Waals surface area contributed by atoms with Gasteiger partial charge < -0.3 is 10.4 Å². The van der Waals surface area contributed by atoms with Gasteiger partial charge >= 0.3 is 0 Å². The molecule has 0 aliphatic heterocycles. The molecule has 0 spiro atoms. The number of aliphatic hydroxyl groups excluding tert-OH is 1. The molecule has 1 aromatic carbocycles. The van der Waals surface area contributed by atoms with Gasteiger partial charge in [-0.25, -0.2) is 13.1 Å². The molecule has 28 heavy (non-hydrogen) atoms. The standard InChI is InChI=1S/C19H31N3O5S/c1-13-5-7-14(8-6-13)21-28(26,27)15-9-10-16(17(11-15)22(24)25)20-12-18(23)19(2,3)4/h9-11,13-14,18,20-21,23H,5-8,12H2,1-4H3. The smallest absolute Gasteiger partial charge is 0.293 e. The summed E-state index contributed by atoms with van der Waals surface area (Å²) in [5.74, 6) is 0.593. The third kappa shape index (κ3) is 5.89. The first kappa shape index (κ1) is 22.6. The third-order valence-corrected chi connectivity index (χ3v) is 6.82. The van der Waals surface area contributed by atoms with Gasteiger partial charge in [-0.3, -0.25) is 10.1 Å². The number of nitro groups is 1. The first-order chi connectivity index (χ1) is 12.9. The van der Waals surface area contributed by atoms with Crippen LogP contribution in [0.1, 0.15) is 53.4 Å². The zero-order valence-corrected chi connectivity index (χ0v) is 17.8. The molecule has 1 saturated carbocycles. The zero-order valence-electron chi connectivity index (χ0n) is 16.9. The summed E-state index contributed by atoms with van der Waals surface area (Å²) in [5, 5.41) is 24.4. The van der Waals surface area contributed by atoms with E-state index in [4.69, 9.17) is 0 Å². The number of sulfonamides is 1. The Morgan fingerprint density at radius 3 is 2.39 bits per heavy atom. The van der Waals surface area contributed by atoms with E-state index in [1.165, 1.54) is 12.1 Å². The highest BCUT2D eigenvalue weighted by Gasteiger charge is 2.27. The largest absolute Gasteiger partial charge is 0.391 e. The van der Waals surface area contributed by atoms with E-state index in [1.54, 1.807) is 0 Å². The molecule has 0 radical (unpaired) electrons. The Morgan fingerprint density at radius 1 is 1.25 bits per heavy atom. The number of nitro benzene ring substituents is 1. The summed E-state index contributed by atoms with van der Waals surface area (Å²) in [6, 6.07) is 3.66. The number of anilines is 1. The number of nitrogens with zero attached hydrogens (tertiary/aromatic N) is 1. The number of rotatable bonds is 7. The number of hydrogen-bond donors (Lipinski definition) is 3. The van der Waals surface area contributed by atoms with Crippen LogP contribution in [0.5, 0.6) is 0 Å². The molecule has 1 aliphatic carbocycles. The van der Waals surface area contributed by atoms with Gasteiger partial charge in [0.05, 0.1) is 15.9 Å². The average Bonchev–Trinajstić information content (AvgIpc) is 2.60. The first-order valence-electron chi connectivity index (χ1n) is 9.63. The predicted octanol–water partition coefficient (Wildman–Crippen LogP) is 3.27. The Morgan fingerprint density at radius 2 is 1.86 bits per heavy atom.